The Hall–Kier alpha value is -1.53. The Balaban J connectivity index is 1.59. The number of ether oxygens (including phenoxy) is 1. The number of nitrogens with zero attached hydrogens (tertiary/aromatic N) is 2. The lowest BCUT2D eigenvalue weighted by molar-refractivity contribution is 0.109. The fraction of sp³-hybridized carbons (Fsp3) is 0.429. The van der Waals surface area contributed by atoms with Crippen LogP contribution >= 0.6 is 12.6 Å². The highest BCUT2D eigenvalue weighted by Gasteiger charge is 2.49. The number of thiol groups is 1. The van der Waals surface area contributed by atoms with Crippen LogP contribution in [0.1, 0.15) is 18.9 Å². The first-order chi connectivity index (χ1) is 12.6. The van der Waals surface area contributed by atoms with Crippen LogP contribution in [0.25, 0.3) is 0 Å². The van der Waals surface area contributed by atoms with Crippen molar-refractivity contribution in [2.45, 2.75) is 43.2 Å². The topological polar surface area (TPSA) is 39.2 Å². The molecule has 4 nitrogen and oxygen atoms in total. The molecule has 2 aliphatic heterocycles. The number of hydrogen-bond acceptors (Lipinski definition) is 5. The van der Waals surface area contributed by atoms with Gasteiger partial charge in [0, 0.05) is 31.4 Å². The molecule has 5 heteroatoms. The van der Waals surface area contributed by atoms with Crippen molar-refractivity contribution >= 4 is 18.3 Å². The molecule has 26 heavy (non-hydrogen) atoms. The molecule has 0 amide bonds. The molecule has 2 fully saturated rings. The Labute approximate surface area is 160 Å². The van der Waals surface area contributed by atoms with Crippen molar-refractivity contribution in [2.75, 3.05) is 18.0 Å². The molecule has 0 radical (unpaired) electrons. The van der Waals surface area contributed by atoms with Crippen LogP contribution in [0.15, 0.2) is 60.7 Å². The number of piperazine rings is 1. The van der Waals surface area contributed by atoms with Crippen LogP contribution < -0.4 is 4.90 Å². The Morgan fingerprint density at radius 3 is 2.31 bits per heavy atom. The molecule has 2 aromatic carbocycles. The lowest BCUT2D eigenvalue weighted by Crippen LogP contribution is -2.64. The molecule has 4 atom stereocenters. The smallest absolute Gasteiger partial charge is 0.181 e. The van der Waals surface area contributed by atoms with Crippen molar-refractivity contribution < 1.29 is 9.84 Å². The number of rotatable bonds is 5. The van der Waals surface area contributed by atoms with E-state index in [2.05, 4.69) is 65.3 Å². The average Bonchev–Trinajstić information content (AvgIpc) is 3.34. The van der Waals surface area contributed by atoms with E-state index in [0.717, 1.165) is 26.1 Å². The van der Waals surface area contributed by atoms with Gasteiger partial charge in [-0.2, -0.15) is 0 Å². The standard InChI is InChI=1S/C21H26N2O2S/c1-21(26)19(14-18-20(24)25-18)22(15-16-8-4-2-5-9-16)12-13-23(21)17-10-6-3-7-11-17/h2-11,18-20,24,26H,12-15H2,1H3/t18?,19-,20?,21+/m0/s1. The molecule has 4 rings (SSSR count). The third kappa shape index (κ3) is 3.62. The highest BCUT2D eigenvalue weighted by atomic mass is 32.1. The number of hydrogen-bond donors (Lipinski definition) is 2. The van der Waals surface area contributed by atoms with Gasteiger partial charge < -0.3 is 14.7 Å². The van der Waals surface area contributed by atoms with E-state index in [-0.39, 0.29) is 17.0 Å². The number of para-hydroxylation sites is 1. The predicted octanol–water partition coefficient (Wildman–Crippen LogP) is 3.13. The lowest BCUT2D eigenvalue weighted by atomic mass is 9.95. The fourth-order valence-electron chi connectivity index (χ4n) is 4.04. The van der Waals surface area contributed by atoms with Crippen LogP contribution in [0.2, 0.25) is 0 Å². The largest absolute Gasteiger partial charge is 0.366 e. The van der Waals surface area contributed by atoms with Crippen LogP contribution in [-0.2, 0) is 11.3 Å². The summed E-state index contributed by atoms with van der Waals surface area (Å²) in [5, 5.41) is 9.71. The van der Waals surface area contributed by atoms with Gasteiger partial charge in [0.15, 0.2) is 6.29 Å². The van der Waals surface area contributed by atoms with Crippen LogP contribution in [0, 0.1) is 0 Å². The van der Waals surface area contributed by atoms with E-state index in [0.29, 0.717) is 0 Å². The number of aliphatic hydroxyl groups is 1. The maximum Gasteiger partial charge on any atom is 0.181 e. The summed E-state index contributed by atoms with van der Waals surface area (Å²) >= 11 is 5.12. The molecular formula is C21H26N2O2S. The van der Waals surface area contributed by atoms with Crippen LogP contribution in [-0.4, -0.2) is 46.4 Å². The maximum atomic E-state index is 9.71. The van der Waals surface area contributed by atoms with Crippen molar-refractivity contribution in [3.63, 3.8) is 0 Å². The van der Waals surface area contributed by atoms with Crippen molar-refractivity contribution in [1.82, 2.24) is 4.90 Å². The van der Waals surface area contributed by atoms with Gasteiger partial charge in [0.1, 0.15) is 6.10 Å². The van der Waals surface area contributed by atoms with E-state index in [1.54, 1.807) is 0 Å². The molecule has 0 bridgehead atoms. The summed E-state index contributed by atoms with van der Waals surface area (Å²) in [4.78, 5) is 4.49. The second-order valence-corrected chi connectivity index (χ2v) is 8.26. The molecule has 1 N–H and O–H groups in total. The first-order valence-corrected chi connectivity index (χ1v) is 9.67. The van der Waals surface area contributed by atoms with E-state index in [9.17, 15) is 5.11 Å². The second-order valence-electron chi connectivity index (χ2n) is 7.35. The van der Waals surface area contributed by atoms with Gasteiger partial charge in [0.25, 0.3) is 0 Å². The first-order valence-electron chi connectivity index (χ1n) is 9.22. The first kappa shape index (κ1) is 17.9. The van der Waals surface area contributed by atoms with Crippen molar-refractivity contribution in [3.8, 4) is 0 Å². The summed E-state index contributed by atoms with van der Waals surface area (Å²) in [5.41, 5.74) is 2.48. The van der Waals surface area contributed by atoms with Gasteiger partial charge >= 0.3 is 0 Å². The summed E-state index contributed by atoms with van der Waals surface area (Å²) in [6.07, 6.45) is 0.0717. The van der Waals surface area contributed by atoms with E-state index >= 15 is 0 Å². The molecule has 0 saturated carbocycles. The minimum atomic E-state index is -0.621. The molecule has 0 aliphatic carbocycles. The summed E-state index contributed by atoms with van der Waals surface area (Å²) in [6, 6.07) is 21.2. The molecule has 2 saturated heterocycles. The molecule has 2 aromatic rings. The third-order valence-electron chi connectivity index (χ3n) is 5.54. The van der Waals surface area contributed by atoms with E-state index in [1.807, 2.05) is 12.1 Å². The Morgan fingerprint density at radius 2 is 1.69 bits per heavy atom. The SMILES string of the molecule is C[C@@]1(S)[C@H](CC2OC2O)N(Cc2ccccc2)CCN1c1ccccc1. The fourth-order valence-corrected chi connectivity index (χ4v) is 4.52. The molecule has 138 valence electrons. The summed E-state index contributed by atoms with van der Waals surface area (Å²) in [7, 11) is 0. The summed E-state index contributed by atoms with van der Waals surface area (Å²) in [5.74, 6) is 0. The zero-order valence-electron chi connectivity index (χ0n) is 15.0. The Kier molecular flexibility index (Phi) is 4.97. The van der Waals surface area contributed by atoms with Crippen LogP contribution in [0.5, 0.6) is 0 Å². The highest BCUT2D eigenvalue weighted by Crippen LogP contribution is 2.40. The van der Waals surface area contributed by atoms with Gasteiger partial charge in [0.2, 0.25) is 0 Å². The van der Waals surface area contributed by atoms with Gasteiger partial charge in [-0.3, -0.25) is 4.90 Å². The minimum Gasteiger partial charge on any atom is -0.366 e. The second kappa shape index (κ2) is 7.24. The predicted molar refractivity (Wildman–Crippen MR) is 107 cm³/mol. The molecular weight excluding hydrogens is 344 g/mol. The molecule has 0 aromatic heterocycles. The molecule has 2 heterocycles. The van der Waals surface area contributed by atoms with Crippen LogP contribution in [0.4, 0.5) is 5.69 Å². The Bertz CT molecular complexity index is 725. The van der Waals surface area contributed by atoms with Crippen molar-refractivity contribution in [1.29, 1.82) is 0 Å². The van der Waals surface area contributed by atoms with Gasteiger partial charge in [-0.25, -0.2) is 0 Å². The summed E-state index contributed by atoms with van der Waals surface area (Å²) < 4.78 is 5.33. The van der Waals surface area contributed by atoms with Gasteiger partial charge in [-0.1, -0.05) is 48.5 Å². The van der Waals surface area contributed by atoms with Gasteiger partial charge in [-0.05, 0) is 31.0 Å². The minimum absolute atomic E-state index is 0.0829. The quantitative estimate of drug-likeness (QED) is 0.627. The van der Waals surface area contributed by atoms with E-state index in [4.69, 9.17) is 17.4 Å². The van der Waals surface area contributed by atoms with Gasteiger partial charge in [-0.15, -0.1) is 12.6 Å². The Morgan fingerprint density at radius 1 is 1.08 bits per heavy atom. The number of anilines is 1. The molecule has 0 spiro atoms. The van der Waals surface area contributed by atoms with Crippen LogP contribution in [0.3, 0.4) is 0 Å². The molecule has 2 aliphatic rings. The number of aliphatic hydroxyl groups excluding tert-OH is 1. The van der Waals surface area contributed by atoms with Crippen molar-refractivity contribution in [3.05, 3.63) is 66.2 Å². The number of benzene rings is 2. The van der Waals surface area contributed by atoms with E-state index < -0.39 is 6.29 Å². The third-order valence-corrected chi connectivity index (χ3v) is 6.08. The maximum absolute atomic E-state index is 9.71. The highest BCUT2D eigenvalue weighted by molar-refractivity contribution is 7.82. The monoisotopic (exact) mass is 370 g/mol. The van der Waals surface area contributed by atoms with Crippen molar-refractivity contribution in [2.24, 2.45) is 0 Å². The number of epoxide rings is 1. The van der Waals surface area contributed by atoms with Gasteiger partial charge in [0.05, 0.1) is 4.87 Å². The zero-order valence-corrected chi connectivity index (χ0v) is 15.9. The van der Waals surface area contributed by atoms with E-state index in [1.165, 1.54) is 11.3 Å². The zero-order chi connectivity index (χ0) is 18.1. The summed E-state index contributed by atoms with van der Waals surface area (Å²) in [6.45, 7) is 4.93. The molecule has 2 unspecified atom stereocenters. The lowest BCUT2D eigenvalue weighted by Gasteiger charge is -2.53. The average molecular weight is 371 g/mol. The normalized spacial score (nSPS) is 31.8.